The molecule has 5 nitrogen and oxygen atoms in total. The van der Waals surface area contributed by atoms with Crippen LogP contribution in [0, 0.1) is 0 Å². The van der Waals surface area contributed by atoms with Crippen molar-refractivity contribution in [2.45, 2.75) is 18.2 Å². The van der Waals surface area contributed by atoms with Crippen molar-refractivity contribution < 1.29 is 9.53 Å². The summed E-state index contributed by atoms with van der Waals surface area (Å²) in [4.78, 5) is 11.9. The molecule has 0 saturated carbocycles. The first-order valence-electron chi connectivity index (χ1n) is 6.90. The quantitative estimate of drug-likeness (QED) is 0.475. The molecule has 116 valence electrons. The topological polar surface area (TPSA) is 64.1 Å². The van der Waals surface area contributed by atoms with Crippen LogP contribution < -0.4 is 10.1 Å². The zero-order chi connectivity index (χ0) is 15.8. The van der Waals surface area contributed by atoms with Crippen LogP contribution in [0.25, 0.3) is 6.08 Å². The molecule has 0 aliphatic carbocycles. The van der Waals surface area contributed by atoms with Crippen molar-refractivity contribution in [3.63, 3.8) is 0 Å². The Morgan fingerprint density at radius 2 is 2.18 bits per heavy atom. The molecule has 2 aromatic rings. The van der Waals surface area contributed by atoms with Gasteiger partial charge in [-0.3, -0.25) is 10.1 Å². The van der Waals surface area contributed by atoms with Gasteiger partial charge in [0.1, 0.15) is 5.75 Å². The summed E-state index contributed by atoms with van der Waals surface area (Å²) in [5, 5.41) is 11.1. The number of carbonyl (C=O) groups is 1. The third kappa shape index (κ3) is 4.85. The second kappa shape index (κ2) is 8.55. The maximum Gasteiger partial charge on any atom is 0.250 e. The van der Waals surface area contributed by atoms with Gasteiger partial charge in [-0.2, -0.15) is 0 Å². The summed E-state index contributed by atoms with van der Waals surface area (Å²) in [5.41, 5.74) is 0.860. The Morgan fingerprint density at radius 1 is 1.36 bits per heavy atom. The standard InChI is InChI=1S/C15H17N3O2S2/c1-3-20-12-8-6-5-7-11(12)9-10-13(19)16-14-17-18-15(22-14)21-4-2/h5-10H,3-4H2,1-2H3,(H,16,17,19)/b10-9+. The summed E-state index contributed by atoms with van der Waals surface area (Å²) < 4.78 is 6.36. The molecule has 0 aliphatic rings. The van der Waals surface area contributed by atoms with Crippen LogP contribution in [0.2, 0.25) is 0 Å². The van der Waals surface area contributed by atoms with Crippen molar-refractivity contribution >= 4 is 40.2 Å². The Labute approximate surface area is 137 Å². The van der Waals surface area contributed by atoms with Crippen LogP contribution in [0.5, 0.6) is 5.75 Å². The minimum Gasteiger partial charge on any atom is -0.493 e. The minimum atomic E-state index is -0.240. The molecule has 0 radical (unpaired) electrons. The van der Waals surface area contributed by atoms with Gasteiger partial charge in [0.2, 0.25) is 11.0 Å². The molecule has 1 heterocycles. The number of carbonyl (C=O) groups excluding carboxylic acids is 1. The highest BCUT2D eigenvalue weighted by molar-refractivity contribution is 8.01. The monoisotopic (exact) mass is 335 g/mol. The van der Waals surface area contributed by atoms with E-state index >= 15 is 0 Å². The third-order valence-corrected chi connectivity index (χ3v) is 4.39. The van der Waals surface area contributed by atoms with E-state index < -0.39 is 0 Å². The molecule has 0 atom stereocenters. The minimum absolute atomic E-state index is 0.240. The third-order valence-electron chi connectivity index (χ3n) is 2.54. The summed E-state index contributed by atoms with van der Waals surface area (Å²) in [6, 6.07) is 7.57. The molecule has 1 N–H and O–H groups in total. The van der Waals surface area contributed by atoms with Crippen molar-refractivity contribution in [2.75, 3.05) is 17.7 Å². The Bertz CT molecular complexity index is 656. The normalized spacial score (nSPS) is 10.8. The Balaban J connectivity index is 1.99. The lowest BCUT2D eigenvalue weighted by Crippen LogP contribution is -2.07. The summed E-state index contributed by atoms with van der Waals surface area (Å²) in [6.45, 7) is 4.55. The summed E-state index contributed by atoms with van der Waals surface area (Å²) >= 11 is 2.97. The summed E-state index contributed by atoms with van der Waals surface area (Å²) in [5.74, 6) is 1.44. The smallest absolute Gasteiger partial charge is 0.250 e. The second-order valence-electron chi connectivity index (χ2n) is 4.10. The number of hydrogen-bond acceptors (Lipinski definition) is 6. The largest absolute Gasteiger partial charge is 0.493 e. The fourth-order valence-electron chi connectivity index (χ4n) is 1.66. The highest BCUT2D eigenvalue weighted by Crippen LogP contribution is 2.25. The molecular weight excluding hydrogens is 318 g/mol. The van der Waals surface area contributed by atoms with Gasteiger partial charge in [0, 0.05) is 11.6 Å². The predicted octanol–water partition coefficient (Wildman–Crippen LogP) is 3.70. The van der Waals surface area contributed by atoms with E-state index in [9.17, 15) is 4.79 Å². The van der Waals surface area contributed by atoms with Gasteiger partial charge >= 0.3 is 0 Å². The number of rotatable bonds is 7. The molecule has 0 aliphatic heterocycles. The van der Waals surface area contributed by atoms with E-state index in [0.29, 0.717) is 11.7 Å². The van der Waals surface area contributed by atoms with E-state index in [0.717, 1.165) is 21.4 Å². The summed E-state index contributed by atoms with van der Waals surface area (Å²) in [6.07, 6.45) is 3.19. The number of nitrogens with zero attached hydrogens (tertiary/aromatic N) is 2. The maximum atomic E-state index is 11.9. The Kier molecular flexibility index (Phi) is 6.42. The van der Waals surface area contributed by atoms with Gasteiger partial charge in [-0.15, -0.1) is 10.2 Å². The lowest BCUT2D eigenvalue weighted by atomic mass is 10.2. The molecule has 7 heteroatoms. The number of amides is 1. The molecule has 1 aromatic carbocycles. The van der Waals surface area contributed by atoms with Crippen LogP contribution in [-0.4, -0.2) is 28.5 Å². The van der Waals surface area contributed by atoms with Crippen molar-refractivity contribution in [1.29, 1.82) is 0 Å². The van der Waals surface area contributed by atoms with E-state index in [-0.39, 0.29) is 5.91 Å². The highest BCUT2D eigenvalue weighted by Gasteiger charge is 2.06. The first kappa shape index (κ1) is 16.5. The first-order chi connectivity index (χ1) is 10.7. The number of hydrogen-bond donors (Lipinski definition) is 1. The summed E-state index contributed by atoms with van der Waals surface area (Å²) in [7, 11) is 0. The molecule has 0 fully saturated rings. The number of thioether (sulfide) groups is 1. The Hall–Kier alpha value is -1.86. The van der Waals surface area contributed by atoms with Crippen LogP contribution in [0.1, 0.15) is 19.4 Å². The van der Waals surface area contributed by atoms with Crippen molar-refractivity contribution in [1.82, 2.24) is 10.2 Å². The molecule has 0 saturated heterocycles. The maximum absolute atomic E-state index is 11.9. The van der Waals surface area contributed by atoms with Crippen molar-refractivity contribution in [3.8, 4) is 5.75 Å². The number of para-hydroxylation sites is 1. The average molecular weight is 335 g/mol. The van der Waals surface area contributed by atoms with E-state index in [1.165, 1.54) is 17.4 Å². The van der Waals surface area contributed by atoms with Crippen molar-refractivity contribution in [2.24, 2.45) is 0 Å². The average Bonchev–Trinajstić information content (AvgIpc) is 2.94. The predicted molar refractivity (Wildman–Crippen MR) is 91.6 cm³/mol. The van der Waals surface area contributed by atoms with E-state index in [4.69, 9.17) is 4.74 Å². The van der Waals surface area contributed by atoms with Crippen molar-refractivity contribution in [3.05, 3.63) is 35.9 Å². The van der Waals surface area contributed by atoms with Crippen LogP contribution in [0.15, 0.2) is 34.7 Å². The van der Waals surface area contributed by atoms with Gasteiger partial charge in [-0.1, -0.05) is 48.2 Å². The van der Waals surface area contributed by atoms with Crippen LogP contribution >= 0.6 is 23.1 Å². The van der Waals surface area contributed by atoms with Crippen LogP contribution in [0.3, 0.4) is 0 Å². The van der Waals surface area contributed by atoms with E-state index in [1.54, 1.807) is 17.8 Å². The first-order valence-corrected chi connectivity index (χ1v) is 8.70. The van der Waals surface area contributed by atoms with Gasteiger partial charge < -0.3 is 4.74 Å². The number of benzene rings is 1. The second-order valence-corrected chi connectivity index (χ2v) is 6.59. The lowest BCUT2D eigenvalue weighted by molar-refractivity contribution is -0.111. The van der Waals surface area contributed by atoms with Gasteiger partial charge in [-0.25, -0.2) is 0 Å². The zero-order valence-corrected chi connectivity index (χ0v) is 14.0. The van der Waals surface area contributed by atoms with E-state index in [1.807, 2.05) is 38.1 Å². The molecule has 2 rings (SSSR count). The SMILES string of the molecule is CCOc1ccccc1/C=C/C(=O)Nc1nnc(SCC)s1. The molecule has 22 heavy (non-hydrogen) atoms. The number of nitrogens with one attached hydrogen (secondary N) is 1. The van der Waals surface area contributed by atoms with Gasteiger partial charge in [-0.05, 0) is 24.8 Å². The molecule has 1 amide bonds. The number of aromatic nitrogens is 2. The molecular formula is C15H17N3O2S2. The zero-order valence-electron chi connectivity index (χ0n) is 12.4. The lowest BCUT2D eigenvalue weighted by Gasteiger charge is -2.05. The van der Waals surface area contributed by atoms with Gasteiger partial charge in [0.15, 0.2) is 4.34 Å². The highest BCUT2D eigenvalue weighted by atomic mass is 32.2. The Morgan fingerprint density at radius 3 is 2.95 bits per heavy atom. The van der Waals surface area contributed by atoms with Crippen LogP contribution in [-0.2, 0) is 4.79 Å². The number of anilines is 1. The van der Waals surface area contributed by atoms with Gasteiger partial charge in [0.05, 0.1) is 6.61 Å². The molecule has 0 spiro atoms. The molecule has 0 bridgehead atoms. The van der Waals surface area contributed by atoms with Gasteiger partial charge in [0.25, 0.3) is 0 Å². The fourth-order valence-corrected chi connectivity index (χ4v) is 3.31. The molecule has 1 aromatic heterocycles. The fraction of sp³-hybridized carbons (Fsp3) is 0.267. The number of ether oxygens (including phenoxy) is 1. The molecule has 0 unspecified atom stereocenters. The van der Waals surface area contributed by atoms with Crippen LogP contribution in [0.4, 0.5) is 5.13 Å². The van der Waals surface area contributed by atoms with E-state index in [2.05, 4.69) is 15.5 Å².